The van der Waals surface area contributed by atoms with Crippen molar-refractivity contribution in [2.45, 2.75) is 11.4 Å². The zero-order chi connectivity index (χ0) is 20.9. The molecule has 3 rings (SSSR count). The van der Waals surface area contributed by atoms with Gasteiger partial charge in [-0.3, -0.25) is 4.79 Å². The lowest BCUT2D eigenvalue weighted by molar-refractivity contribution is 0.0950. The van der Waals surface area contributed by atoms with Gasteiger partial charge in [-0.25, -0.2) is 13.1 Å². The number of carbonyl (C=O) groups excluding carboxylic acids is 1. The Morgan fingerprint density at radius 1 is 1.07 bits per heavy atom. The first-order valence-electron chi connectivity index (χ1n) is 8.99. The van der Waals surface area contributed by atoms with E-state index in [9.17, 15) is 13.2 Å². The van der Waals surface area contributed by atoms with Crippen LogP contribution in [0.4, 0.5) is 0 Å². The molecule has 1 amide bonds. The van der Waals surface area contributed by atoms with Gasteiger partial charge in [0, 0.05) is 24.2 Å². The highest BCUT2D eigenvalue weighted by molar-refractivity contribution is 7.89. The number of carbonyl (C=O) groups is 1. The first kappa shape index (κ1) is 20.6. The molecule has 0 aliphatic rings. The summed E-state index contributed by atoms with van der Waals surface area (Å²) in [6.45, 7) is 3.90. The average molecular weight is 410 g/mol. The fraction of sp³-hybridized carbons (Fsp3) is 0.136. The summed E-state index contributed by atoms with van der Waals surface area (Å²) in [5, 5.41) is 4.93. The van der Waals surface area contributed by atoms with Gasteiger partial charge in [0.05, 0.1) is 12.0 Å². The number of nitrogens with one attached hydrogen (secondary N) is 2. The Kier molecular flexibility index (Phi) is 6.31. The summed E-state index contributed by atoms with van der Waals surface area (Å²) in [6.07, 6.45) is 1.46. The monoisotopic (exact) mass is 410 g/mol. The first-order chi connectivity index (χ1) is 14.0. The Labute approximate surface area is 170 Å². The molecular weight excluding hydrogens is 388 g/mol. The van der Waals surface area contributed by atoms with E-state index in [1.165, 1.54) is 30.3 Å². The third-order valence-corrected chi connectivity index (χ3v) is 5.93. The van der Waals surface area contributed by atoms with Crippen LogP contribution in [0, 0.1) is 0 Å². The van der Waals surface area contributed by atoms with Crippen molar-refractivity contribution in [3.05, 3.63) is 84.4 Å². The highest BCUT2D eigenvalue weighted by Crippen LogP contribution is 2.27. The lowest BCUT2D eigenvalue weighted by Gasteiger charge is -2.13. The van der Waals surface area contributed by atoms with Gasteiger partial charge in [-0.2, -0.15) is 0 Å². The molecule has 29 heavy (non-hydrogen) atoms. The molecule has 0 spiro atoms. The Morgan fingerprint density at radius 2 is 1.79 bits per heavy atom. The molecule has 0 atom stereocenters. The number of hydrogen-bond donors (Lipinski definition) is 2. The molecule has 0 fully saturated rings. The Balaban J connectivity index is 1.77. The van der Waals surface area contributed by atoms with E-state index in [-0.39, 0.29) is 23.9 Å². The van der Waals surface area contributed by atoms with Crippen molar-refractivity contribution in [3.63, 3.8) is 0 Å². The number of benzene rings is 3. The SMILES string of the molecule is C=CCNS(=O)(=O)c1ccc(C(=O)NCc2c(OC)ccc3ccccc23)cc1. The maximum Gasteiger partial charge on any atom is 0.251 e. The smallest absolute Gasteiger partial charge is 0.251 e. The summed E-state index contributed by atoms with van der Waals surface area (Å²) >= 11 is 0. The molecular formula is C22H22N2O4S. The fourth-order valence-corrected chi connectivity index (χ4v) is 4.00. The van der Waals surface area contributed by atoms with Gasteiger partial charge in [-0.15, -0.1) is 6.58 Å². The number of amides is 1. The number of hydrogen-bond acceptors (Lipinski definition) is 4. The molecule has 3 aromatic carbocycles. The van der Waals surface area contributed by atoms with Gasteiger partial charge in [-0.1, -0.05) is 36.4 Å². The maximum absolute atomic E-state index is 12.6. The number of sulfonamides is 1. The second-order valence-corrected chi connectivity index (χ2v) is 8.08. The molecule has 0 saturated carbocycles. The highest BCUT2D eigenvalue weighted by Gasteiger charge is 2.15. The normalized spacial score (nSPS) is 11.2. The van der Waals surface area contributed by atoms with Crippen LogP contribution in [0.1, 0.15) is 15.9 Å². The predicted octanol–water partition coefficient (Wildman–Crippen LogP) is 3.24. The molecule has 150 valence electrons. The van der Waals surface area contributed by atoms with Gasteiger partial charge in [0.15, 0.2) is 0 Å². The van der Waals surface area contributed by atoms with Crippen LogP contribution in [0.15, 0.2) is 78.2 Å². The molecule has 0 saturated heterocycles. The lowest BCUT2D eigenvalue weighted by atomic mass is 10.0. The highest BCUT2D eigenvalue weighted by atomic mass is 32.2. The van der Waals surface area contributed by atoms with Crippen LogP contribution in [0.5, 0.6) is 5.75 Å². The molecule has 0 heterocycles. The molecule has 2 N–H and O–H groups in total. The molecule has 7 heteroatoms. The van der Waals surface area contributed by atoms with Crippen molar-refractivity contribution in [3.8, 4) is 5.75 Å². The standard InChI is InChI=1S/C22H22N2O4S/c1-3-14-24-29(26,27)18-11-8-17(9-12-18)22(25)23-15-20-19-7-5-4-6-16(19)10-13-21(20)28-2/h3-13,24H,1,14-15H2,2H3,(H,23,25). The van der Waals surface area contributed by atoms with Gasteiger partial charge in [0.25, 0.3) is 5.91 Å². The van der Waals surface area contributed by atoms with Gasteiger partial charge < -0.3 is 10.1 Å². The fourth-order valence-electron chi connectivity index (χ4n) is 3.00. The lowest BCUT2D eigenvalue weighted by Crippen LogP contribution is -2.25. The molecule has 0 aromatic heterocycles. The van der Waals surface area contributed by atoms with Crippen LogP contribution in [0.2, 0.25) is 0 Å². The summed E-state index contributed by atoms with van der Waals surface area (Å²) in [4.78, 5) is 12.6. The Hall–Kier alpha value is -3.16. The zero-order valence-corrected chi connectivity index (χ0v) is 16.8. The first-order valence-corrected chi connectivity index (χ1v) is 10.5. The minimum Gasteiger partial charge on any atom is -0.496 e. The van der Waals surface area contributed by atoms with E-state index in [0.717, 1.165) is 16.3 Å². The van der Waals surface area contributed by atoms with Crippen LogP contribution in [-0.2, 0) is 16.6 Å². The average Bonchev–Trinajstić information content (AvgIpc) is 2.75. The van der Waals surface area contributed by atoms with Gasteiger partial charge >= 0.3 is 0 Å². The van der Waals surface area contributed by atoms with Crippen LogP contribution < -0.4 is 14.8 Å². The third-order valence-electron chi connectivity index (χ3n) is 4.49. The minimum atomic E-state index is -3.62. The van der Waals surface area contributed by atoms with Gasteiger partial charge in [0.2, 0.25) is 10.0 Å². The summed E-state index contributed by atoms with van der Waals surface area (Å²) in [5.74, 6) is 0.390. The van der Waals surface area contributed by atoms with E-state index in [4.69, 9.17) is 4.74 Å². The summed E-state index contributed by atoms with van der Waals surface area (Å²) < 4.78 is 32.0. The molecule has 0 aliphatic heterocycles. The van der Waals surface area contributed by atoms with Crippen molar-refractivity contribution >= 4 is 26.7 Å². The Morgan fingerprint density at radius 3 is 2.48 bits per heavy atom. The molecule has 6 nitrogen and oxygen atoms in total. The topological polar surface area (TPSA) is 84.5 Å². The minimum absolute atomic E-state index is 0.0895. The molecule has 0 radical (unpaired) electrons. The van der Waals surface area contributed by atoms with Gasteiger partial charge in [-0.05, 0) is 41.1 Å². The quantitative estimate of drug-likeness (QED) is 0.559. The van der Waals surface area contributed by atoms with E-state index < -0.39 is 10.0 Å². The molecule has 0 unspecified atom stereocenters. The molecule has 3 aromatic rings. The second-order valence-electron chi connectivity index (χ2n) is 6.32. The van der Waals surface area contributed by atoms with Crippen molar-refractivity contribution in [2.24, 2.45) is 0 Å². The van der Waals surface area contributed by atoms with E-state index in [1.807, 2.05) is 36.4 Å². The van der Waals surface area contributed by atoms with E-state index in [2.05, 4.69) is 16.6 Å². The predicted molar refractivity (Wildman–Crippen MR) is 113 cm³/mol. The number of ether oxygens (including phenoxy) is 1. The van der Waals surface area contributed by atoms with Crippen LogP contribution in [0.3, 0.4) is 0 Å². The Bertz CT molecular complexity index is 1140. The van der Waals surface area contributed by atoms with Crippen molar-refractivity contribution in [1.29, 1.82) is 0 Å². The van der Waals surface area contributed by atoms with E-state index in [0.29, 0.717) is 11.3 Å². The summed E-state index contributed by atoms with van der Waals surface area (Å²) in [6, 6.07) is 17.5. The number of methoxy groups -OCH3 is 1. The van der Waals surface area contributed by atoms with Gasteiger partial charge in [0.1, 0.15) is 5.75 Å². The largest absolute Gasteiger partial charge is 0.496 e. The van der Waals surface area contributed by atoms with Crippen LogP contribution in [0.25, 0.3) is 10.8 Å². The van der Waals surface area contributed by atoms with Crippen molar-refractivity contribution < 1.29 is 17.9 Å². The number of rotatable bonds is 8. The third kappa shape index (κ3) is 4.64. The second kappa shape index (κ2) is 8.89. The van der Waals surface area contributed by atoms with E-state index >= 15 is 0 Å². The number of fused-ring (bicyclic) bond motifs is 1. The van der Waals surface area contributed by atoms with E-state index in [1.54, 1.807) is 7.11 Å². The van der Waals surface area contributed by atoms with Crippen molar-refractivity contribution in [2.75, 3.05) is 13.7 Å². The summed E-state index contributed by atoms with van der Waals surface area (Å²) in [7, 11) is -2.03. The van der Waals surface area contributed by atoms with Crippen molar-refractivity contribution in [1.82, 2.24) is 10.0 Å². The molecule has 0 bridgehead atoms. The maximum atomic E-state index is 12.6. The molecule has 0 aliphatic carbocycles. The van der Waals surface area contributed by atoms with Crippen LogP contribution in [-0.4, -0.2) is 28.0 Å². The van der Waals surface area contributed by atoms with Crippen LogP contribution >= 0.6 is 0 Å². The summed E-state index contributed by atoms with van der Waals surface area (Å²) in [5.41, 5.74) is 1.25. The zero-order valence-electron chi connectivity index (χ0n) is 16.0.